The highest BCUT2D eigenvalue weighted by atomic mass is 32.2. The van der Waals surface area contributed by atoms with E-state index in [1.165, 1.54) is 11.8 Å². The summed E-state index contributed by atoms with van der Waals surface area (Å²) in [7, 11) is 0. The largest absolute Gasteiger partial charge is 0.386 e. The number of carbonyl (C=O) groups excluding carboxylic acids is 1. The van der Waals surface area contributed by atoms with Crippen molar-refractivity contribution in [2.24, 2.45) is 0 Å². The zero-order valence-electron chi connectivity index (χ0n) is 11.5. The first-order valence-corrected chi connectivity index (χ1v) is 7.67. The molecule has 2 fully saturated rings. The van der Waals surface area contributed by atoms with Crippen LogP contribution in [0, 0.1) is 0 Å². The van der Waals surface area contributed by atoms with E-state index in [9.17, 15) is 9.90 Å². The van der Waals surface area contributed by atoms with Gasteiger partial charge in [0.15, 0.2) is 11.6 Å². The van der Waals surface area contributed by atoms with E-state index >= 15 is 0 Å². The molecule has 1 aliphatic carbocycles. The standard InChI is InChI=1S/C15H18O4S/c1-14(2)18-12-11(16)8-15(17,13(12)19-14)9-20-10-6-4-3-5-7-10/h3-7,12-13,17H,8-9H2,1-2H3/t12-,13-,15+/m0/s1. The first-order valence-electron chi connectivity index (χ1n) is 6.68. The lowest BCUT2D eigenvalue weighted by molar-refractivity contribution is -0.177. The quantitative estimate of drug-likeness (QED) is 0.864. The Morgan fingerprint density at radius 2 is 2.00 bits per heavy atom. The fourth-order valence-electron chi connectivity index (χ4n) is 2.75. The Kier molecular flexibility index (Phi) is 3.41. The van der Waals surface area contributed by atoms with Crippen LogP contribution in [0.4, 0.5) is 0 Å². The summed E-state index contributed by atoms with van der Waals surface area (Å²) in [5.41, 5.74) is -1.16. The number of Topliss-reactive ketones (excluding diaryl/α,β-unsaturated/α-hetero) is 1. The summed E-state index contributed by atoms with van der Waals surface area (Å²) in [5, 5.41) is 10.8. The van der Waals surface area contributed by atoms with Gasteiger partial charge < -0.3 is 14.6 Å². The lowest BCUT2D eigenvalue weighted by Gasteiger charge is -2.28. The van der Waals surface area contributed by atoms with Crippen molar-refractivity contribution in [2.75, 3.05) is 5.75 Å². The Balaban J connectivity index is 1.73. The molecule has 1 saturated heterocycles. The van der Waals surface area contributed by atoms with Crippen LogP contribution in [0.2, 0.25) is 0 Å². The minimum Gasteiger partial charge on any atom is -0.386 e. The van der Waals surface area contributed by atoms with Crippen LogP contribution in [0.3, 0.4) is 0 Å². The Morgan fingerprint density at radius 1 is 1.30 bits per heavy atom. The molecule has 0 aromatic heterocycles. The van der Waals surface area contributed by atoms with E-state index in [0.717, 1.165) is 4.90 Å². The maximum atomic E-state index is 12.0. The molecule has 1 aromatic rings. The number of ether oxygens (including phenoxy) is 2. The molecule has 1 aromatic carbocycles. The van der Waals surface area contributed by atoms with Crippen LogP contribution < -0.4 is 0 Å². The highest BCUT2D eigenvalue weighted by molar-refractivity contribution is 7.99. The second-order valence-electron chi connectivity index (χ2n) is 5.83. The number of ketones is 1. The average Bonchev–Trinajstić information content (AvgIpc) is 2.84. The van der Waals surface area contributed by atoms with Gasteiger partial charge in [0.25, 0.3) is 0 Å². The first-order chi connectivity index (χ1) is 9.40. The number of benzene rings is 1. The number of carbonyl (C=O) groups is 1. The fourth-order valence-corrected chi connectivity index (χ4v) is 3.78. The van der Waals surface area contributed by atoms with E-state index in [1.807, 2.05) is 30.3 Å². The summed E-state index contributed by atoms with van der Waals surface area (Å²) in [6.45, 7) is 3.53. The highest BCUT2D eigenvalue weighted by Gasteiger charge is 2.60. The van der Waals surface area contributed by atoms with Gasteiger partial charge in [0.1, 0.15) is 17.8 Å². The van der Waals surface area contributed by atoms with Gasteiger partial charge in [0.2, 0.25) is 0 Å². The molecule has 0 radical (unpaired) electrons. The maximum absolute atomic E-state index is 12.0. The van der Waals surface area contributed by atoms with Crippen molar-refractivity contribution in [1.82, 2.24) is 0 Å². The van der Waals surface area contributed by atoms with Gasteiger partial charge in [-0.1, -0.05) is 18.2 Å². The van der Waals surface area contributed by atoms with Gasteiger partial charge in [-0.3, -0.25) is 4.79 Å². The predicted octanol–water partition coefficient (Wildman–Crippen LogP) is 2.00. The molecule has 2 aliphatic rings. The smallest absolute Gasteiger partial charge is 0.167 e. The first kappa shape index (κ1) is 14.1. The number of rotatable bonds is 3. The zero-order chi connectivity index (χ0) is 14.4. The molecule has 0 spiro atoms. The Hall–Kier alpha value is -0.880. The van der Waals surface area contributed by atoms with Crippen LogP contribution in [0.15, 0.2) is 35.2 Å². The summed E-state index contributed by atoms with van der Waals surface area (Å²) in [5.74, 6) is -0.461. The summed E-state index contributed by atoms with van der Waals surface area (Å²) >= 11 is 1.53. The Morgan fingerprint density at radius 3 is 2.70 bits per heavy atom. The van der Waals surface area contributed by atoms with Gasteiger partial charge in [-0.25, -0.2) is 0 Å². The molecule has 5 heteroatoms. The lowest BCUT2D eigenvalue weighted by Crippen LogP contribution is -2.44. The van der Waals surface area contributed by atoms with E-state index in [2.05, 4.69) is 0 Å². The SMILES string of the molecule is CC1(C)O[C@H]2C(=O)C[C@@](O)(CSc3ccccc3)[C@H]2O1. The predicted molar refractivity (Wildman–Crippen MR) is 75.6 cm³/mol. The molecule has 3 atom stereocenters. The van der Waals surface area contributed by atoms with Crippen LogP contribution in [0.5, 0.6) is 0 Å². The van der Waals surface area contributed by atoms with Crippen LogP contribution in [0.25, 0.3) is 0 Å². The van der Waals surface area contributed by atoms with Crippen molar-refractivity contribution >= 4 is 17.5 Å². The molecular formula is C15H18O4S. The van der Waals surface area contributed by atoms with Gasteiger partial charge in [-0.05, 0) is 26.0 Å². The third kappa shape index (κ3) is 2.51. The lowest BCUT2D eigenvalue weighted by atomic mass is 10.0. The molecule has 1 heterocycles. The number of hydrogen-bond acceptors (Lipinski definition) is 5. The number of aliphatic hydroxyl groups is 1. The number of hydrogen-bond donors (Lipinski definition) is 1. The normalized spacial score (nSPS) is 35.2. The van der Waals surface area contributed by atoms with E-state index < -0.39 is 23.6 Å². The number of thioether (sulfide) groups is 1. The van der Waals surface area contributed by atoms with Crippen molar-refractivity contribution in [3.8, 4) is 0 Å². The fraction of sp³-hybridized carbons (Fsp3) is 0.533. The third-order valence-corrected chi connectivity index (χ3v) is 4.91. The molecule has 1 N–H and O–H groups in total. The summed E-state index contributed by atoms with van der Waals surface area (Å²) in [6, 6.07) is 9.82. The molecule has 20 heavy (non-hydrogen) atoms. The maximum Gasteiger partial charge on any atom is 0.167 e. The molecule has 1 aliphatic heterocycles. The zero-order valence-corrected chi connectivity index (χ0v) is 12.4. The summed E-state index contributed by atoms with van der Waals surface area (Å²) in [4.78, 5) is 13.1. The van der Waals surface area contributed by atoms with Gasteiger partial charge in [0, 0.05) is 17.1 Å². The molecule has 3 rings (SSSR count). The number of fused-ring (bicyclic) bond motifs is 1. The minimum atomic E-state index is -1.16. The van der Waals surface area contributed by atoms with Crippen molar-refractivity contribution in [3.05, 3.63) is 30.3 Å². The van der Waals surface area contributed by atoms with Crippen molar-refractivity contribution < 1.29 is 19.4 Å². The molecule has 0 bridgehead atoms. The molecule has 0 amide bonds. The van der Waals surface area contributed by atoms with Gasteiger partial charge >= 0.3 is 0 Å². The molecule has 0 unspecified atom stereocenters. The van der Waals surface area contributed by atoms with Gasteiger partial charge in [-0.2, -0.15) is 0 Å². The second kappa shape index (κ2) is 4.84. The van der Waals surface area contributed by atoms with Crippen LogP contribution in [-0.4, -0.2) is 40.2 Å². The summed E-state index contributed by atoms with van der Waals surface area (Å²) < 4.78 is 11.3. The topological polar surface area (TPSA) is 55.8 Å². The van der Waals surface area contributed by atoms with Crippen molar-refractivity contribution in [2.45, 2.75) is 48.8 Å². The molecule has 1 saturated carbocycles. The van der Waals surface area contributed by atoms with Crippen molar-refractivity contribution in [1.29, 1.82) is 0 Å². The van der Waals surface area contributed by atoms with Gasteiger partial charge in [0.05, 0.1) is 0 Å². The minimum absolute atomic E-state index is 0.0725. The molecular weight excluding hydrogens is 276 g/mol. The van der Waals surface area contributed by atoms with Crippen molar-refractivity contribution in [3.63, 3.8) is 0 Å². The van der Waals surface area contributed by atoms with E-state index in [1.54, 1.807) is 13.8 Å². The average molecular weight is 294 g/mol. The Bertz CT molecular complexity index is 516. The van der Waals surface area contributed by atoms with Crippen LogP contribution >= 0.6 is 11.8 Å². The van der Waals surface area contributed by atoms with Crippen LogP contribution in [-0.2, 0) is 14.3 Å². The second-order valence-corrected chi connectivity index (χ2v) is 6.87. The third-order valence-electron chi connectivity index (χ3n) is 3.66. The monoisotopic (exact) mass is 294 g/mol. The van der Waals surface area contributed by atoms with Crippen LogP contribution in [0.1, 0.15) is 20.3 Å². The highest BCUT2D eigenvalue weighted by Crippen LogP contribution is 2.44. The van der Waals surface area contributed by atoms with E-state index in [-0.39, 0.29) is 12.2 Å². The Labute approximate surface area is 122 Å². The van der Waals surface area contributed by atoms with Gasteiger partial charge in [-0.15, -0.1) is 11.8 Å². The molecule has 108 valence electrons. The molecule has 4 nitrogen and oxygen atoms in total. The van der Waals surface area contributed by atoms with E-state index in [4.69, 9.17) is 9.47 Å². The van der Waals surface area contributed by atoms with E-state index in [0.29, 0.717) is 5.75 Å². The summed E-state index contributed by atoms with van der Waals surface area (Å²) in [6.07, 6.45) is -1.11.